The molecule has 1 unspecified atom stereocenters. The van der Waals surface area contributed by atoms with E-state index in [1.165, 1.54) is 0 Å². The van der Waals surface area contributed by atoms with Gasteiger partial charge in [0.05, 0.1) is 24.7 Å². The summed E-state index contributed by atoms with van der Waals surface area (Å²) in [6, 6.07) is 7.33. The maximum atomic E-state index is 13.2. The number of hydrogen-bond donors (Lipinski definition) is 1. The number of methoxy groups -OCH3 is 1. The van der Waals surface area contributed by atoms with Crippen LogP contribution in [0.25, 0.3) is 0 Å². The summed E-state index contributed by atoms with van der Waals surface area (Å²) >= 11 is 0. The first-order chi connectivity index (χ1) is 13.8. The average Bonchev–Trinajstić information content (AvgIpc) is 2.71. The van der Waals surface area contributed by atoms with Gasteiger partial charge in [-0.15, -0.1) is 6.58 Å². The number of carbonyl (C=O) groups excluding carboxylic acids is 1. The van der Waals surface area contributed by atoms with Gasteiger partial charge in [0.1, 0.15) is 17.6 Å². The molecule has 1 N–H and O–H groups in total. The van der Waals surface area contributed by atoms with Gasteiger partial charge in [0.25, 0.3) is 0 Å². The molecule has 0 bridgehead atoms. The molecule has 0 saturated heterocycles. The van der Waals surface area contributed by atoms with E-state index in [9.17, 15) is 4.79 Å². The molecule has 6 nitrogen and oxygen atoms in total. The summed E-state index contributed by atoms with van der Waals surface area (Å²) in [5, 5.41) is 3.07. The Morgan fingerprint density at radius 2 is 1.93 bits per heavy atom. The lowest BCUT2D eigenvalue weighted by Crippen LogP contribution is -2.48. The third-order valence-electron chi connectivity index (χ3n) is 4.80. The number of aromatic nitrogens is 2. The van der Waals surface area contributed by atoms with E-state index in [-0.39, 0.29) is 11.9 Å². The molecule has 29 heavy (non-hydrogen) atoms. The molecule has 1 amide bonds. The minimum absolute atomic E-state index is 0.0311. The predicted molar refractivity (Wildman–Crippen MR) is 117 cm³/mol. The minimum Gasteiger partial charge on any atom is -0.497 e. The van der Waals surface area contributed by atoms with Crippen molar-refractivity contribution in [3.8, 4) is 5.75 Å². The van der Waals surface area contributed by atoms with Gasteiger partial charge < -0.3 is 15.0 Å². The monoisotopic (exact) mass is 396 g/mol. The van der Waals surface area contributed by atoms with Gasteiger partial charge in [-0.3, -0.25) is 9.78 Å². The first kappa shape index (κ1) is 22.4. The third-order valence-corrected chi connectivity index (χ3v) is 4.80. The van der Waals surface area contributed by atoms with Crippen LogP contribution in [-0.2, 0) is 11.3 Å². The average molecular weight is 397 g/mol. The fourth-order valence-electron chi connectivity index (χ4n) is 3.06. The highest BCUT2D eigenvalue weighted by molar-refractivity contribution is 5.85. The van der Waals surface area contributed by atoms with Crippen molar-refractivity contribution in [3.05, 3.63) is 60.1 Å². The van der Waals surface area contributed by atoms with Crippen LogP contribution in [0, 0.1) is 19.8 Å². The van der Waals surface area contributed by atoms with Crippen molar-refractivity contribution in [2.24, 2.45) is 5.92 Å². The number of benzene rings is 1. The van der Waals surface area contributed by atoms with Crippen LogP contribution >= 0.6 is 0 Å². The Hall–Kier alpha value is -2.89. The van der Waals surface area contributed by atoms with E-state index in [1.807, 2.05) is 43.0 Å². The summed E-state index contributed by atoms with van der Waals surface area (Å²) in [6.07, 6.45) is 4.23. The molecule has 0 radical (unpaired) electrons. The quantitative estimate of drug-likeness (QED) is 0.618. The van der Waals surface area contributed by atoms with E-state index in [1.54, 1.807) is 19.4 Å². The van der Waals surface area contributed by atoms with Crippen molar-refractivity contribution in [2.45, 2.75) is 46.7 Å². The van der Waals surface area contributed by atoms with Gasteiger partial charge in [0, 0.05) is 13.1 Å². The number of carbonyl (C=O) groups is 1. The zero-order chi connectivity index (χ0) is 21.4. The Bertz CT molecular complexity index is 818. The first-order valence-electron chi connectivity index (χ1n) is 9.94. The van der Waals surface area contributed by atoms with Crippen LogP contribution in [0.5, 0.6) is 5.75 Å². The lowest BCUT2D eigenvalue weighted by molar-refractivity contribution is -0.122. The Morgan fingerprint density at radius 3 is 2.48 bits per heavy atom. The van der Waals surface area contributed by atoms with E-state index < -0.39 is 0 Å². The van der Waals surface area contributed by atoms with Crippen LogP contribution in [0.4, 0.5) is 5.82 Å². The van der Waals surface area contributed by atoms with Crippen molar-refractivity contribution >= 4 is 11.7 Å². The summed E-state index contributed by atoms with van der Waals surface area (Å²) in [7, 11) is 1.64. The summed E-state index contributed by atoms with van der Waals surface area (Å²) < 4.78 is 5.19. The number of anilines is 1. The van der Waals surface area contributed by atoms with Gasteiger partial charge in [-0.25, -0.2) is 4.98 Å². The molecule has 0 aliphatic heterocycles. The molecular weight excluding hydrogens is 364 g/mol. The SMILES string of the molecule is C=CCN(c1cnc(C)c(C)n1)C(CC(C)C)C(=O)NCc1ccc(OC)cc1. The number of amides is 1. The van der Waals surface area contributed by atoms with Crippen molar-refractivity contribution < 1.29 is 9.53 Å². The standard InChI is InChI=1S/C23H32N4O2/c1-7-12-27(22-15-24-17(4)18(5)26-22)21(13-16(2)3)23(28)25-14-19-8-10-20(29-6)11-9-19/h7-11,15-16,21H,1,12-14H2,2-6H3,(H,25,28). The van der Waals surface area contributed by atoms with Gasteiger partial charge in [-0.1, -0.05) is 32.1 Å². The summed E-state index contributed by atoms with van der Waals surface area (Å²) in [5.74, 6) is 1.80. The van der Waals surface area contributed by atoms with E-state index in [0.717, 1.165) is 22.7 Å². The second-order valence-electron chi connectivity index (χ2n) is 7.55. The van der Waals surface area contributed by atoms with Gasteiger partial charge in [0.15, 0.2) is 0 Å². The smallest absolute Gasteiger partial charge is 0.243 e. The van der Waals surface area contributed by atoms with E-state index >= 15 is 0 Å². The first-order valence-corrected chi connectivity index (χ1v) is 9.94. The number of hydrogen-bond acceptors (Lipinski definition) is 5. The molecule has 2 aromatic rings. The number of ether oxygens (including phenoxy) is 1. The van der Waals surface area contributed by atoms with Crippen LogP contribution in [-0.4, -0.2) is 35.6 Å². The highest BCUT2D eigenvalue weighted by atomic mass is 16.5. The minimum atomic E-state index is -0.359. The zero-order valence-corrected chi connectivity index (χ0v) is 18.1. The number of aryl methyl sites for hydroxylation is 2. The number of rotatable bonds is 10. The lowest BCUT2D eigenvalue weighted by atomic mass is 10.0. The predicted octanol–water partition coefficient (Wildman–Crippen LogP) is 3.83. The molecule has 0 fully saturated rings. The molecule has 0 saturated carbocycles. The molecule has 1 aromatic carbocycles. The Kier molecular flexibility index (Phi) is 8.19. The van der Waals surface area contributed by atoms with Crippen LogP contribution < -0.4 is 15.0 Å². The molecule has 1 aromatic heterocycles. The van der Waals surface area contributed by atoms with Gasteiger partial charge in [-0.2, -0.15) is 0 Å². The van der Waals surface area contributed by atoms with E-state index in [0.29, 0.717) is 31.2 Å². The molecule has 156 valence electrons. The molecule has 0 aliphatic carbocycles. The second kappa shape index (κ2) is 10.6. The second-order valence-corrected chi connectivity index (χ2v) is 7.55. The van der Waals surface area contributed by atoms with E-state index in [2.05, 4.69) is 35.7 Å². The Morgan fingerprint density at radius 1 is 1.24 bits per heavy atom. The highest BCUT2D eigenvalue weighted by Gasteiger charge is 2.27. The molecule has 0 spiro atoms. The third kappa shape index (κ3) is 6.31. The van der Waals surface area contributed by atoms with Gasteiger partial charge in [-0.05, 0) is 43.9 Å². The van der Waals surface area contributed by atoms with Crippen LogP contribution in [0.1, 0.15) is 37.2 Å². The topological polar surface area (TPSA) is 67.4 Å². The van der Waals surface area contributed by atoms with Crippen molar-refractivity contribution in [1.82, 2.24) is 15.3 Å². The molecule has 1 atom stereocenters. The van der Waals surface area contributed by atoms with Crippen LogP contribution in [0.2, 0.25) is 0 Å². The van der Waals surface area contributed by atoms with Crippen molar-refractivity contribution in [3.63, 3.8) is 0 Å². The Labute approximate surface area is 174 Å². The number of nitrogens with one attached hydrogen (secondary N) is 1. The zero-order valence-electron chi connectivity index (χ0n) is 18.1. The highest BCUT2D eigenvalue weighted by Crippen LogP contribution is 2.20. The molecule has 2 rings (SSSR count). The van der Waals surface area contributed by atoms with Crippen molar-refractivity contribution in [1.29, 1.82) is 0 Å². The summed E-state index contributed by atoms with van der Waals surface area (Å²) in [6.45, 7) is 12.9. The summed E-state index contributed by atoms with van der Waals surface area (Å²) in [4.78, 5) is 24.2. The lowest BCUT2D eigenvalue weighted by Gasteiger charge is -2.32. The maximum absolute atomic E-state index is 13.2. The fraction of sp³-hybridized carbons (Fsp3) is 0.435. The molecule has 6 heteroatoms. The largest absolute Gasteiger partial charge is 0.497 e. The Balaban J connectivity index is 2.21. The molecule has 0 aliphatic rings. The fourth-order valence-corrected chi connectivity index (χ4v) is 3.06. The van der Waals surface area contributed by atoms with Crippen molar-refractivity contribution in [2.75, 3.05) is 18.6 Å². The summed E-state index contributed by atoms with van der Waals surface area (Å²) in [5.41, 5.74) is 2.76. The van der Waals surface area contributed by atoms with Crippen LogP contribution in [0.3, 0.4) is 0 Å². The molecular formula is C23H32N4O2. The number of nitrogens with zero attached hydrogens (tertiary/aromatic N) is 3. The van der Waals surface area contributed by atoms with Gasteiger partial charge >= 0.3 is 0 Å². The van der Waals surface area contributed by atoms with Crippen LogP contribution in [0.15, 0.2) is 43.1 Å². The van der Waals surface area contributed by atoms with E-state index in [4.69, 9.17) is 4.74 Å². The van der Waals surface area contributed by atoms with Gasteiger partial charge in [0.2, 0.25) is 5.91 Å². The normalized spacial score (nSPS) is 11.8. The molecule has 1 heterocycles. The maximum Gasteiger partial charge on any atom is 0.243 e.